The first-order valence-electron chi connectivity index (χ1n) is 9.62. The lowest BCUT2D eigenvalue weighted by Crippen LogP contribution is -2.42. The second-order valence-corrected chi connectivity index (χ2v) is 7.42. The van der Waals surface area contributed by atoms with Crippen LogP contribution < -0.4 is 14.7 Å². The Hall–Kier alpha value is -2.34. The molecule has 0 saturated heterocycles. The van der Waals surface area contributed by atoms with Gasteiger partial charge >= 0.3 is 0 Å². The van der Waals surface area contributed by atoms with Crippen molar-refractivity contribution in [2.24, 2.45) is 0 Å². The first-order valence-corrected chi connectivity index (χ1v) is 9.62. The molecule has 1 fully saturated rings. The summed E-state index contributed by atoms with van der Waals surface area (Å²) in [5.74, 6) is 0.781. The molecule has 0 atom stereocenters. The van der Waals surface area contributed by atoms with Crippen molar-refractivity contribution in [1.29, 1.82) is 0 Å². The zero-order valence-corrected chi connectivity index (χ0v) is 16.1. The Labute approximate surface area is 160 Å². The number of benzene rings is 1. The number of fused-ring (bicyclic) bond motifs is 1. The summed E-state index contributed by atoms with van der Waals surface area (Å²) in [6, 6.07) is 9.94. The number of pyridine rings is 1. The summed E-state index contributed by atoms with van der Waals surface area (Å²) in [4.78, 5) is 11.4. The van der Waals surface area contributed by atoms with Gasteiger partial charge in [-0.05, 0) is 42.7 Å². The highest BCUT2D eigenvalue weighted by molar-refractivity contribution is 5.74. The highest BCUT2D eigenvalue weighted by Gasteiger charge is 2.34. The predicted molar refractivity (Wildman–Crippen MR) is 107 cm³/mol. The lowest BCUT2D eigenvalue weighted by Gasteiger charge is -2.39. The molecule has 1 aliphatic heterocycles. The van der Waals surface area contributed by atoms with Gasteiger partial charge in [0.25, 0.3) is 0 Å². The van der Waals surface area contributed by atoms with E-state index >= 15 is 0 Å². The summed E-state index contributed by atoms with van der Waals surface area (Å²) in [5, 5.41) is 0. The van der Waals surface area contributed by atoms with Gasteiger partial charge < -0.3 is 19.4 Å². The normalized spacial score (nSPS) is 16.4. The Morgan fingerprint density at radius 2 is 2.04 bits per heavy atom. The number of aromatic nitrogens is 1. The molecule has 0 spiro atoms. The zero-order valence-electron chi connectivity index (χ0n) is 16.1. The molecule has 6 heteroatoms. The molecule has 0 N–H and O–H groups in total. The van der Waals surface area contributed by atoms with Crippen LogP contribution in [0, 0.1) is 5.82 Å². The fourth-order valence-electron chi connectivity index (χ4n) is 3.69. The van der Waals surface area contributed by atoms with Crippen molar-refractivity contribution in [2.45, 2.75) is 25.4 Å². The molecule has 0 amide bonds. The zero-order chi connectivity index (χ0) is 18.8. The van der Waals surface area contributed by atoms with Crippen LogP contribution in [0.4, 0.5) is 21.6 Å². The SMILES string of the molecule is COCCN(C)c1ccc(CN2CCN(C3CC3)c3cc(F)ccc32)cn1. The molecule has 1 aromatic heterocycles. The minimum Gasteiger partial charge on any atom is -0.383 e. The number of hydrogen-bond donors (Lipinski definition) is 0. The van der Waals surface area contributed by atoms with Gasteiger partial charge in [0.15, 0.2) is 0 Å². The number of rotatable bonds is 7. The second-order valence-electron chi connectivity index (χ2n) is 7.42. The van der Waals surface area contributed by atoms with Gasteiger partial charge in [-0.15, -0.1) is 0 Å². The fraction of sp³-hybridized carbons (Fsp3) is 0.476. The van der Waals surface area contributed by atoms with E-state index in [0.717, 1.165) is 48.9 Å². The molecule has 2 aromatic rings. The van der Waals surface area contributed by atoms with E-state index < -0.39 is 0 Å². The van der Waals surface area contributed by atoms with Crippen LogP contribution in [-0.2, 0) is 11.3 Å². The third kappa shape index (κ3) is 4.00. The van der Waals surface area contributed by atoms with E-state index in [2.05, 4.69) is 31.8 Å². The molecule has 1 aliphatic carbocycles. The van der Waals surface area contributed by atoms with Crippen molar-refractivity contribution < 1.29 is 9.13 Å². The number of ether oxygens (including phenoxy) is 1. The van der Waals surface area contributed by atoms with Gasteiger partial charge in [-0.1, -0.05) is 6.07 Å². The van der Waals surface area contributed by atoms with Crippen LogP contribution in [-0.4, -0.2) is 51.4 Å². The molecular formula is C21H27FN4O. The second kappa shape index (κ2) is 7.72. The highest BCUT2D eigenvalue weighted by atomic mass is 19.1. The number of likely N-dealkylation sites (N-methyl/N-ethyl adjacent to an activating group) is 1. The van der Waals surface area contributed by atoms with Crippen LogP contribution in [0.25, 0.3) is 0 Å². The molecule has 4 rings (SSSR count). The van der Waals surface area contributed by atoms with Crippen LogP contribution in [0.3, 0.4) is 0 Å². The Morgan fingerprint density at radius 1 is 1.19 bits per heavy atom. The Morgan fingerprint density at radius 3 is 2.74 bits per heavy atom. The number of hydrogen-bond acceptors (Lipinski definition) is 5. The van der Waals surface area contributed by atoms with E-state index in [-0.39, 0.29) is 5.82 Å². The number of halogens is 1. The third-order valence-corrected chi connectivity index (χ3v) is 5.39. The fourth-order valence-corrected chi connectivity index (χ4v) is 3.69. The van der Waals surface area contributed by atoms with Gasteiger partial charge in [-0.25, -0.2) is 9.37 Å². The number of methoxy groups -OCH3 is 1. The topological polar surface area (TPSA) is 31.8 Å². The van der Waals surface area contributed by atoms with E-state index in [1.165, 1.54) is 12.8 Å². The van der Waals surface area contributed by atoms with Crippen molar-refractivity contribution in [3.05, 3.63) is 47.9 Å². The number of nitrogens with zero attached hydrogens (tertiary/aromatic N) is 4. The first kappa shape index (κ1) is 18.0. The predicted octanol–water partition coefficient (Wildman–Crippen LogP) is 3.29. The molecule has 144 valence electrons. The molecule has 5 nitrogen and oxygen atoms in total. The van der Waals surface area contributed by atoms with Gasteiger partial charge in [-0.3, -0.25) is 0 Å². The van der Waals surface area contributed by atoms with Gasteiger partial charge in [0.2, 0.25) is 0 Å². The maximum absolute atomic E-state index is 13.8. The minimum absolute atomic E-state index is 0.161. The molecule has 2 heterocycles. The van der Waals surface area contributed by atoms with Gasteiger partial charge in [0.1, 0.15) is 11.6 Å². The molecule has 0 radical (unpaired) electrons. The van der Waals surface area contributed by atoms with Gasteiger partial charge in [-0.2, -0.15) is 0 Å². The molecule has 1 saturated carbocycles. The molecule has 2 aliphatic rings. The largest absolute Gasteiger partial charge is 0.383 e. The van der Waals surface area contributed by atoms with Crippen LogP contribution in [0.2, 0.25) is 0 Å². The molecule has 0 unspecified atom stereocenters. The standard InChI is InChI=1S/C21H27FN4O/c1-24(11-12-27-2)21-8-3-16(14-23-21)15-25-9-10-26(18-5-6-18)20-13-17(22)4-7-19(20)25/h3-4,7-8,13-14,18H,5-6,9-12,15H2,1-2H3. The summed E-state index contributed by atoms with van der Waals surface area (Å²) in [7, 11) is 3.72. The average Bonchev–Trinajstić information content (AvgIpc) is 3.52. The van der Waals surface area contributed by atoms with Crippen molar-refractivity contribution in [3.63, 3.8) is 0 Å². The summed E-state index contributed by atoms with van der Waals surface area (Å²) >= 11 is 0. The lowest BCUT2D eigenvalue weighted by atomic mass is 10.1. The van der Waals surface area contributed by atoms with Crippen LogP contribution >= 0.6 is 0 Å². The van der Waals surface area contributed by atoms with Crippen LogP contribution in [0.15, 0.2) is 36.5 Å². The highest BCUT2D eigenvalue weighted by Crippen LogP contribution is 2.40. The Bertz CT molecular complexity index is 778. The van der Waals surface area contributed by atoms with E-state index in [9.17, 15) is 4.39 Å². The summed E-state index contributed by atoms with van der Waals surface area (Å²) < 4.78 is 19.0. The van der Waals surface area contributed by atoms with Gasteiger partial charge in [0, 0.05) is 52.6 Å². The van der Waals surface area contributed by atoms with Crippen molar-refractivity contribution in [2.75, 3.05) is 55.1 Å². The maximum Gasteiger partial charge on any atom is 0.128 e. The van der Waals surface area contributed by atoms with Crippen molar-refractivity contribution >= 4 is 17.2 Å². The molecule has 1 aromatic carbocycles. The third-order valence-electron chi connectivity index (χ3n) is 5.39. The Balaban J connectivity index is 1.49. The van der Waals surface area contributed by atoms with E-state index in [1.54, 1.807) is 19.2 Å². The van der Waals surface area contributed by atoms with Crippen LogP contribution in [0.1, 0.15) is 18.4 Å². The van der Waals surface area contributed by atoms with Gasteiger partial charge in [0.05, 0.1) is 18.0 Å². The number of anilines is 3. The van der Waals surface area contributed by atoms with E-state index in [1.807, 2.05) is 19.3 Å². The molecule has 27 heavy (non-hydrogen) atoms. The molecular weight excluding hydrogens is 343 g/mol. The summed E-state index contributed by atoms with van der Waals surface area (Å²) in [6.07, 6.45) is 4.38. The van der Waals surface area contributed by atoms with E-state index in [0.29, 0.717) is 12.6 Å². The summed E-state index contributed by atoms with van der Waals surface area (Å²) in [5.41, 5.74) is 3.32. The van der Waals surface area contributed by atoms with E-state index in [4.69, 9.17) is 4.74 Å². The van der Waals surface area contributed by atoms with Crippen LogP contribution in [0.5, 0.6) is 0 Å². The minimum atomic E-state index is -0.161. The quantitative estimate of drug-likeness (QED) is 0.747. The maximum atomic E-state index is 13.8. The van der Waals surface area contributed by atoms with Crippen molar-refractivity contribution in [3.8, 4) is 0 Å². The Kier molecular flexibility index (Phi) is 5.16. The monoisotopic (exact) mass is 370 g/mol. The summed E-state index contributed by atoms with van der Waals surface area (Å²) in [6.45, 7) is 4.17. The average molecular weight is 370 g/mol. The smallest absolute Gasteiger partial charge is 0.128 e. The van der Waals surface area contributed by atoms with Crippen molar-refractivity contribution in [1.82, 2.24) is 4.98 Å². The molecule has 0 bridgehead atoms. The lowest BCUT2D eigenvalue weighted by molar-refractivity contribution is 0.206. The first-order chi connectivity index (χ1) is 13.2.